The summed E-state index contributed by atoms with van der Waals surface area (Å²) in [5.74, 6) is -1.03. The summed E-state index contributed by atoms with van der Waals surface area (Å²) in [6.07, 6.45) is 0.740. The van der Waals surface area contributed by atoms with Crippen molar-refractivity contribution in [1.29, 1.82) is 0 Å². The van der Waals surface area contributed by atoms with Gasteiger partial charge in [-0.3, -0.25) is 9.59 Å². The molecule has 21 heavy (non-hydrogen) atoms. The molecule has 1 unspecified atom stereocenters. The third-order valence-corrected chi connectivity index (χ3v) is 3.38. The molecule has 1 rings (SSSR count). The Morgan fingerprint density at radius 1 is 1.33 bits per heavy atom. The van der Waals surface area contributed by atoms with E-state index in [0.29, 0.717) is 5.92 Å². The first-order valence-corrected chi connectivity index (χ1v) is 7.37. The zero-order valence-corrected chi connectivity index (χ0v) is 13.4. The molecule has 0 aliphatic carbocycles. The lowest BCUT2D eigenvalue weighted by atomic mass is 9.94. The topological polar surface area (TPSA) is 79.3 Å². The number of rotatable bonds is 7. The lowest BCUT2D eigenvalue weighted by molar-refractivity contribution is -0.138. The first-order valence-electron chi connectivity index (χ1n) is 6.61. The van der Waals surface area contributed by atoms with Crippen LogP contribution in [0.15, 0.2) is 12.1 Å². The van der Waals surface area contributed by atoms with E-state index < -0.39 is 5.97 Å². The Bertz CT molecular complexity index is 521. The highest BCUT2D eigenvalue weighted by atomic mass is 35.5. The van der Waals surface area contributed by atoms with Crippen molar-refractivity contribution >= 4 is 35.1 Å². The summed E-state index contributed by atoms with van der Waals surface area (Å²) in [6, 6.07) is 2.97. The largest absolute Gasteiger partial charge is 0.481 e. The van der Waals surface area contributed by atoms with Gasteiger partial charge in [0, 0.05) is 13.0 Å². The first kappa shape index (κ1) is 17.7. The summed E-state index contributed by atoms with van der Waals surface area (Å²) in [4.78, 5) is 26.7. The van der Waals surface area contributed by atoms with Gasteiger partial charge in [0.15, 0.2) is 0 Å². The summed E-state index contributed by atoms with van der Waals surface area (Å²) >= 11 is 11.5. The van der Waals surface area contributed by atoms with E-state index in [1.807, 2.05) is 13.8 Å². The molecule has 0 aliphatic heterocycles. The van der Waals surface area contributed by atoms with Crippen LogP contribution in [0, 0.1) is 11.8 Å². The van der Waals surface area contributed by atoms with Crippen LogP contribution >= 0.6 is 23.2 Å². The molecule has 1 aromatic rings. The molecule has 5 nitrogen and oxygen atoms in total. The van der Waals surface area contributed by atoms with Crippen LogP contribution in [0.3, 0.4) is 0 Å². The molecule has 0 radical (unpaired) electrons. The number of halogens is 2. The molecule has 0 spiro atoms. The first-order chi connectivity index (χ1) is 9.79. The van der Waals surface area contributed by atoms with Crippen molar-refractivity contribution in [3.05, 3.63) is 28.0 Å². The minimum absolute atomic E-state index is 0.0189. The second-order valence-electron chi connectivity index (χ2n) is 5.28. The van der Waals surface area contributed by atoms with E-state index in [9.17, 15) is 9.59 Å². The predicted octanol–water partition coefficient (Wildman–Crippen LogP) is 3.26. The molecule has 0 aromatic carbocycles. The summed E-state index contributed by atoms with van der Waals surface area (Å²) < 4.78 is 0. The van der Waals surface area contributed by atoms with Crippen LogP contribution in [0.5, 0.6) is 0 Å². The lowest BCUT2D eigenvalue weighted by Gasteiger charge is -2.18. The Hall–Kier alpha value is -1.33. The van der Waals surface area contributed by atoms with Crippen molar-refractivity contribution in [2.45, 2.75) is 26.7 Å². The maximum atomic E-state index is 12.0. The van der Waals surface area contributed by atoms with Gasteiger partial charge in [-0.2, -0.15) is 0 Å². The molecule has 7 heteroatoms. The fraction of sp³-hybridized carbons (Fsp3) is 0.500. The fourth-order valence-corrected chi connectivity index (χ4v) is 2.50. The molecular formula is C14H18Cl2N2O3. The van der Waals surface area contributed by atoms with Gasteiger partial charge in [-0.1, -0.05) is 37.0 Å². The Kier molecular flexibility index (Phi) is 6.92. The molecule has 0 saturated carbocycles. The second-order valence-corrected chi connectivity index (χ2v) is 6.02. The third-order valence-electron chi connectivity index (χ3n) is 2.88. The minimum Gasteiger partial charge on any atom is -0.481 e. The van der Waals surface area contributed by atoms with Crippen LogP contribution in [-0.2, 0) is 4.79 Å². The molecule has 116 valence electrons. The molecule has 0 bridgehead atoms. The summed E-state index contributed by atoms with van der Waals surface area (Å²) in [6.45, 7) is 4.30. The Morgan fingerprint density at radius 2 is 2.00 bits per heavy atom. The molecular weight excluding hydrogens is 315 g/mol. The Morgan fingerprint density at radius 3 is 2.52 bits per heavy atom. The molecule has 1 atom stereocenters. The van der Waals surface area contributed by atoms with Gasteiger partial charge in [-0.25, -0.2) is 4.98 Å². The minimum atomic E-state index is -0.874. The molecule has 0 saturated heterocycles. The van der Waals surface area contributed by atoms with E-state index >= 15 is 0 Å². The quantitative estimate of drug-likeness (QED) is 0.751. The van der Waals surface area contributed by atoms with E-state index in [1.165, 1.54) is 12.1 Å². The molecule has 0 aliphatic rings. The number of nitrogens with zero attached hydrogens (tertiary/aromatic N) is 1. The summed E-state index contributed by atoms with van der Waals surface area (Å²) in [7, 11) is 0. The summed E-state index contributed by atoms with van der Waals surface area (Å²) in [5, 5.41) is 11.8. The lowest BCUT2D eigenvalue weighted by Crippen LogP contribution is -2.31. The highest BCUT2D eigenvalue weighted by molar-refractivity contribution is 6.34. The average Bonchev–Trinajstić information content (AvgIpc) is 2.34. The molecule has 1 heterocycles. The number of aliphatic carboxylic acids is 1. The van der Waals surface area contributed by atoms with Crippen LogP contribution in [0.4, 0.5) is 0 Å². The standard InChI is InChI=1S/C14H18Cl2N2O3/c1-8(2)5-9(6-12(19)20)7-17-14(21)10-3-4-11(15)18-13(10)16/h3-4,8-9H,5-7H2,1-2H3,(H,17,21)(H,19,20). The Balaban J connectivity index is 2.65. The van der Waals surface area contributed by atoms with Crippen molar-refractivity contribution in [3.8, 4) is 0 Å². The smallest absolute Gasteiger partial charge is 0.303 e. The van der Waals surface area contributed by atoms with Gasteiger partial charge in [0.2, 0.25) is 0 Å². The van der Waals surface area contributed by atoms with E-state index in [2.05, 4.69) is 10.3 Å². The van der Waals surface area contributed by atoms with Crippen LogP contribution < -0.4 is 5.32 Å². The number of hydrogen-bond acceptors (Lipinski definition) is 3. The van der Waals surface area contributed by atoms with Crippen molar-refractivity contribution in [3.63, 3.8) is 0 Å². The number of carboxylic acid groups (broad SMARTS) is 1. The SMILES string of the molecule is CC(C)CC(CNC(=O)c1ccc(Cl)nc1Cl)CC(=O)O. The molecule has 0 fully saturated rings. The van der Waals surface area contributed by atoms with E-state index in [-0.39, 0.29) is 40.7 Å². The highest BCUT2D eigenvalue weighted by Gasteiger charge is 2.18. The van der Waals surface area contributed by atoms with E-state index in [0.717, 1.165) is 6.42 Å². The third kappa shape index (κ3) is 6.31. The average molecular weight is 333 g/mol. The van der Waals surface area contributed by atoms with Gasteiger partial charge in [0.1, 0.15) is 10.3 Å². The Labute approximate surface area is 133 Å². The van der Waals surface area contributed by atoms with Crippen molar-refractivity contribution in [2.24, 2.45) is 11.8 Å². The number of nitrogens with one attached hydrogen (secondary N) is 1. The maximum Gasteiger partial charge on any atom is 0.303 e. The monoisotopic (exact) mass is 332 g/mol. The molecule has 2 N–H and O–H groups in total. The number of hydrogen-bond donors (Lipinski definition) is 2. The number of aromatic nitrogens is 1. The number of carboxylic acids is 1. The van der Waals surface area contributed by atoms with Gasteiger partial charge in [-0.15, -0.1) is 0 Å². The van der Waals surface area contributed by atoms with E-state index in [4.69, 9.17) is 28.3 Å². The maximum absolute atomic E-state index is 12.0. The van der Waals surface area contributed by atoms with Gasteiger partial charge in [0.05, 0.1) is 5.56 Å². The highest BCUT2D eigenvalue weighted by Crippen LogP contribution is 2.18. The van der Waals surface area contributed by atoms with Gasteiger partial charge < -0.3 is 10.4 Å². The normalized spacial score (nSPS) is 12.2. The molecule has 1 aromatic heterocycles. The van der Waals surface area contributed by atoms with Crippen molar-refractivity contribution < 1.29 is 14.7 Å². The number of carbonyl (C=O) groups excluding carboxylic acids is 1. The van der Waals surface area contributed by atoms with Crippen LogP contribution in [0.25, 0.3) is 0 Å². The fourth-order valence-electron chi connectivity index (χ4n) is 2.07. The number of pyridine rings is 1. The predicted molar refractivity (Wildman–Crippen MR) is 81.8 cm³/mol. The van der Waals surface area contributed by atoms with Gasteiger partial charge in [-0.05, 0) is 30.4 Å². The number of carbonyl (C=O) groups is 2. The zero-order chi connectivity index (χ0) is 16.0. The summed E-state index contributed by atoms with van der Waals surface area (Å²) in [5.41, 5.74) is 0.222. The molecule has 1 amide bonds. The van der Waals surface area contributed by atoms with Crippen molar-refractivity contribution in [1.82, 2.24) is 10.3 Å². The zero-order valence-electron chi connectivity index (χ0n) is 11.9. The number of amides is 1. The van der Waals surface area contributed by atoms with E-state index in [1.54, 1.807) is 0 Å². The van der Waals surface area contributed by atoms with Gasteiger partial charge in [0.25, 0.3) is 5.91 Å². The van der Waals surface area contributed by atoms with Crippen LogP contribution in [0.1, 0.15) is 37.0 Å². The second kappa shape index (κ2) is 8.20. The van der Waals surface area contributed by atoms with Crippen LogP contribution in [0.2, 0.25) is 10.3 Å². The van der Waals surface area contributed by atoms with Gasteiger partial charge >= 0.3 is 5.97 Å². The van der Waals surface area contributed by atoms with Crippen LogP contribution in [-0.4, -0.2) is 28.5 Å². The van der Waals surface area contributed by atoms with Crippen molar-refractivity contribution in [2.75, 3.05) is 6.54 Å².